The Bertz CT molecular complexity index is 784. The average Bonchev–Trinajstić information content (AvgIpc) is 3.37. The van der Waals surface area contributed by atoms with Crippen molar-refractivity contribution in [2.45, 2.75) is 33.2 Å². The summed E-state index contributed by atoms with van der Waals surface area (Å²) < 4.78 is 28.6. The van der Waals surface area contributed by atoms with E-state index in [1.165, 1.54) is 16.8 Å². The van der Waals surface area contributed by atoms with E-state index in [2.05, 4.69) is 15.7 Å². The highest BCUT2D eigenvalue weighted by Crippen LogP contribution is 2.28. The second kappa shape index (κ2) is 7.31. The number of aromatic nitrogens is 2. The number of amides is 1. The van der Waals surface area contributed by atoms with E-state index in [1.54, 1.807) is 0 Å². The lowest BCUT2D eigenvalue weighted by atomic mass is 10.2. The van der Waals surface area contributed by atoms with Crippen LogP contribution >= 0.6 is 0 Å². The van der Waals surface area contributed by atoms with Gasteiger partial charge in [0.2, 0.25) is 5.91 Å². The Kier molecular flexibility index (Phi) is 5.13. The largest absolute Gasteiger partial charge is 0.355 e. The molecule has 1 fully saturated rings. The van der Waals surface area contributed by atoms with Crippen molar-refractivity contribution in [1.82, 2.24) is 20.4 Å². The molecule has 25 heavy (non-hydrogen) atoms. The third-order valence-corrected chi connectivity index (χ3v) is 4.43. The molecule has 1 aromatic carbocycles. The Morgan fingerprint density at radius 1 is 1.28 bits per heavy atom. The SMILES string of the molecule is Cc1nn(-c2ccc(F)cc2F)c(C)c1CNCCNC(=O)C1CC1. The number of halogens is 2. The van der Waals surface area contributed by atoms with Crippen molar-refractivity contribution < 1.29 is 13.6 Å². The quantitative estimate of drug-likeness (QED) is 0.756. The van der Waals surface area contributed by atoms with Gasteiger partial charge in [0, 0.05) is 42.9 Å². The third-order valence-electron chi connectivity index (χ3n) is 4.43. The first-order chi connectivity index (χ1) is 12.0. The average molecular weight is 348 g/mol. The van der Waals surface area contributed by atoms with Gasteiger partial charge in [0.25, 0.3) is 0 Å². The molecule has 0 bridgehead atoms. The van der Waals surface area contributed by atoms with Crippen LogP contribution in [0.15, 0.2) is 18.2 Å². The predicted molar refractivity (Wildman–Crippen MR) is 90.4 cm³/mol. The number of hydrogen-bond donors (Lipinski definition) is 2. The van der Waals surface area contributed by atoms with Gasteiger partial charge in [-0.3, -0.25) is 4.79 Å². The first-order valence-electron chi connectivity index (χ1n) is 8.46. The summed E-state index contributed by atoms with van der Waals surface area (Å²) in [7, 11) is 0. The second-order valence-electron chi connectivity index (χ2n) is 6.40. The summed E-state index contributed by atoms with van der Waals surface area (Å²) in [5.74, 6) is -0.909. The summed E-state index contributed by atoms with van der Waals surface area (Å²) in [5, 5.41) is 10.5. The van der Waals surface area contributed by atoms with Crippen molar-refractivity contribution in [3.63, 3.8) is 0 Å². The number of aryl methyl sites for hydroxylation is 1. The summed E-state index contributed by atoms with van der Waals surface area (Å²) in [6, 6.07) is 3.45. The Labute approximate surface area is 145 Å². The molecular formula is C18H22F2N4O. The zero-order chi connectivity index (χ0) is 18.0. The Morgan fingerprint density at radius 2 is 2.04 bits per heavy atom. The van der Waals surface area contributed by atoms with Gasteiger partial charge in [-0.2, -0.15) is 5.10 Å². The smallest absolute Gasteiger partial charge is 0.223 e. The number of rotatable bonds is 7. The van der Waals surface area contributed by atoms with Gasteiger partial charge in [-0.15, -0.1) is 0 Å². The van der Waals surface area contributed by atoms with Crippen molar-refractivity contribution in [3.8, 4) is 5.69 Å². The fraction of sp³-hybridized carbons (Fsp3) is 0.444. The van der Waals surface area contributed by atoms with Crippen LogP contribution in [-0.4, -0.2) is 28.8 Å². The third kappa shape index (κ3) is 4.04. The van der Waals surface area contributed by atoms with Crippen molar-refractivity contribution >= 4 is 5.91 Å². The highest BCUT2D eigenvalue weighted by molar-refractivity contribution is 5.80. The summed E-state index contributed by atoms with van der Waals surface area (Å²) in [4.78, 5) is 11.5. The molecule has 1 heterocycles. The van der Waals surface area contributed by atoms with Crippen LogP contribution in [0.1, 0.15) is 29.8 Å². The Balaban J connectivity index is 1.60. The molecule has 0 atom stereocenters. The molecule has 0 radical (unpaired) electrons. The van der Waals surface area contributed by atoms with Crippen LogP contribution < -0.4 is 10.6 Å². The zero-order valence-corrected chi connectivity index (χ0v) is 14.4. The van der Waals surface area contributed by atoms with Crippen LogP contribution in [0.4, 0.5) is 8.78 Å². The summed E-state index contributed by atoms with van der Waals surface area (Å²) in [5.41, 5.74) is 2.79. The summed E-state index contributed by atoms with van der Waals surface area (Å²) in [6.45, 7) is 5.51. The fourth-order valence-corrected chi connectivity index (χ4v) is 2.80. The lowest BCUT2D eigenvalue weighted by Crippen LogP contribution is -2.32. The number of nitrogens with zero attached hydrogens (tertiary/aromatic N) is 2. The number of benzene rings is 1. The van der Waals surface area contributed by atoms with Gasteiger partial charge >= 0.3 is 0 Å². The molecule has 1 aliphatic rings. The molecule has 3 rings (SSSR count). The Hall–Kier alpha value is -2.28. The van der Waals surface area contributed by atoms with Gasteiger partial charge in [0.1, 0.15) is 11.5 Å². The minimum Gasteiger partial charge on any atom is -0.355 e. The molecule has 2 N–H and O–H groups in total. The van der Waals surface area contributed by atoms with E-state index in [9.17, 15) is 13.6 Å². The minimum absolute atomic E-state index is 0.133. The maximum Gasteiger partial charge on any atom is 0.223 e. The number of carbonyl (C=O) groups excluding carboxylic acids is 1. The number of hydrogen-bond acceptors (Lipinski definition) is 3. The van der Waals surface area contributed by atoms with E-state index in [1.807, 2.05) is 13.8 Å². The molecule has 0 spiro atoms. The molecule has 0 saturated heterocycles. The molecule has 2 aromatic rings. The fourth-order valence-electron chi connectivity index (χ4n) is 2.80. The second-order valence-corrected chi connectivity index (χ2v) is 6.40. The molecule has 1 saturated carbocycles. The zero-order valence-electron chi connectivity index (χ0n) is 14.4. The van der Waals surface area contributed by atoms with Crippen LogP contribution in [-0.2, 0) is 11.3 Å². The monoisotopic (exact) mass is 348 g/mol. The summed E-state index contributed by atoms with van der Waals surface area (Å²) in [6.07, 6.45) is 1.99. The van der Waals surface area contributed by atoms with Crippen molar-refractivity contribution in [2.75, 3.05) is 13.1 Å². The molecule has 1 aromatic heterocycles. The van der Waals surface area contributed by atoms with Crippen molar-refractivity contribution in [2.24, 2.45) is 5.92 Å². The van der Waals surface area contributed by atoms with E-state index in [0.29, 0.717) is 19.6 Å². The van der Waals surface area contributed by atoms with E-state index >= 15 is 0 Å². The lowest BCUT2D eigenvalue weighted by molar-refractivity contribution is -0.122. The van der Waals surface area contributed by atoms with Crippen LogP contribution in [0.5, 0.6) is 0 Å². The molecule has 1 amide bonds. The van der Waals surface area contributed by atoms with E-state index < -0.39 is 11.6 Å². The van der Waals surface area contributed by atoms with Gasteiger partial charge in [-0.1, -0.05) is 0 Å². The van der Waals surface area contributed by atoms with E-state index in [-0.39, 0.29) is 17.5 Å². The predicted octanol–water partition coefficient (Wildman–Crippen LogP) is 2.38. The number of carbonyl (C=O) groups is 1. The Morgan fingerprint density at radius 3 is 2.72 bits per heavy atom. The van der Waals surface area contributed by atoms with Crippen molar-refractivity contribution in [3.05, 3.63) is 46.8 Å². The summed E-state index contributed by atoms with van der Waals surface area (Å²) >= 11 is 0. The molecule has 1 aliphatic carbocycles. The maximum absolute atomic E-state index is 14.0. The van der Waals surface area contributed by atoms with Crippen LogP contribution in [0.25, 0.3) is 5.69 Å². The highest BCUT2D eigenvalue weighted by atomic mass is 19.1. The highest BCUT2D eigenvalue weighted by Gasteiger charge is 2.28. The first-order valence-corrected chi connectivity index (χ1v) is 8.46. The maximum atomic E-state index is 14.0. The van der Waals surface area contributed by atoms with Gasteiger partial charge in [0.15, 0.2) is 5.82 Å². The topological polar surface area (TPSA) is 59.0 Å². The molecule has 0 aliphatic heterocycles. The van der Waals surface area contributed by atoms with E-state index in [0.717, 1.165) is 35.9 Å². The standard InChI is InChI=1S/C18H22F2N4O/c1-11-15(10-21-7-8-22-18(25)13-3-4-13)12(2)24(23-11)17-6-5-14(19)9-16(17)20/h5-6,9,13,21H,3-4,7-8,10H2,1-2H3,(H,22,25). The van der Waals surface area contributed by atoms with Gasteiger partial charge < -0.3 is 10.6 Å². The molecule has 0 unspecified atom stereocenters. The van der Waals surface area contributed by atoms with Crippen LogP contribution in [0.3, 0.4) is 0 Å². The van der Waals surface area contributed by atoms with Gasteiger partial charge in [-0.05, 0) is 38.8 Å². The molecule has 134 valence electrons. The normalized spacial score (nSPS) is 13.9. The van der Waals surface area contributed by atoms with E-state index in [4.69, 9.17) is 0 Å². The van der Waals surface area contributed by atoms with Crippen LogP contribution in [0.2, 0.25) is 0 Å². The van der Waals surface area contributed by atoms with Crippen LogP contribution in [0, 0.1) is 31.4 Å². The van der Waals surface area contributed by atoms with Gasteiger partial charge in [0.05, 0.1) is 5.69 Å². The van der Waals surface area contributed by atoms with Gasteiger partial charge in [-0.25, -0.2) is 13.5 Å². The number of nitrogens with one attached hydrogen (secondary N) is 2. The minimum atomic E-state index is -0.645. The lowest BCUT2D eigenvalue weighted by Gasteiger charge is -2.08. The molecular weight excluding hydrogens is 326 g/mol. The first kappa shape index (κ1) is 17.5. The molecule has 5 nitrogen and oxygen atoms in total. The van der Waals surface area contributed by atoms with Crippen molar-refractivity contribution in [1.29, 1.82) is 0 Å². The molecule has 7 heteroatoms.